The number of hydrogen-bond acceptors (Lipinski definition) is 3. The number of rotatable bonds is 5. The second kappa shape index (κ2) is 8.46. The van der Waals surface area contributed by atoms with Gasteiger partial charge in [-0.15, -0.1) is 0 Å². The number of amides is 2. The normalized spacial score (nSPS) is 25.9. The third kappa shape index (κ3) is 5.33. The molecule has 130 valence electrons. The summed E-state index contributed by atoms with van der Waals surface area (Å²) in [6, 6.07) is 0.0806. The number of hydrogen-bond donors (Lipinski definition) is 2. The van der Waals surface area contributed by atoms with Crippen molar-refractivity contribution >= 4 is 17.6 Å². The molecule has 0 spiro atoms. The van der Waals surface area contributed by atoms with Gasteiger partial charge in [0.05, 0.1) is 0 Å². The molecule has 2 atom stereocenters. The van der Waals surface area contributed by atoms with Crippen LogP contribution in [0.4, 0.5) is 0 Å². The van der Waals surface area contributed by atoms with Gasteiger partial charge < -0.3 is 10.6 Å². The number of Topliss-reactive ketones (excluding diaryl/α,β-unsaturated/α-hetero) is 1. The first-order chi connectivity index (χ1) is 11.0. The lowest BCUT2D eigenvalue weighted by molar-refractivity contribution is -0.141. The molecule has 0 aromatic carbocycles. The smallest absolute Gasteiger partial charge is 0.287 e. The van der Waals surface area contributed by atoms with E-state index < -0.39 is 5.91 Å². The summed E-state index contributed by atoms with van der Waals surface area (Å²) in [6.45, 7) is 3.89. The summed E-state index contributed by atoms with van der Waals surface area (Å²) in [7, 11) is 0. The molecule has 0 bridgehead atoms. The molecule has 0 radical (unpaired) electrons. The Morgan fingerprint density at radius 1 is 0.870 bits per heavy atom. The maximum atomic E-state index is 12.2. The van der Waals surface area contributed by atoms with E-state index >= 15 is 0 Å². The van der Waals surface area contributed by atoms with Gasteiger partial charge in [-0.1, -0.05) is 25.7 Å². The first-order valence-electron chi connectivity index (χ1n) is 9.12. The molecule has 5 nitrogen and oxygen atoms in total. The summed E-state index contributed by atoms with van der Waals surface area (Å²) in [6.07, 6.45) is 8.22. The molecule has 2 fully saturated rings. The molecule has 2 aliphatic rings. The maximum absolute atomic E-state index is 12.2. The van der Waals surface area contributed by atoms with Crippen LogP contribution in [0.15, 0.2) is 0 Å². The Balaban J connectivity index is 1.83. The van der Waals surface area contributed by atoms with Gasteiger partial charge >= 0.3 is 0 Å². The molecule has 0 aliphatic heterocycles. The Labute approximate surface area is 139 Å². The van der Waals surface area contributed by atoms with Gasteiger partial charge in [0.15, 0.2) is 0 Å². The lowest BCUT2D eigenvalue weighted by Crippen LogP contribution is -2.46. The van der Waals surface area contributed by atoms with Crippen LogP contribution in [-0.2, 0) is 14.4 Å². The van der Waals surface area contributed by atoms with E-state index in [1.54, 1.807) is 0 Å². The van der Waals surface area contributed by atoms with Crippen LogP contribution in [-0.4, -0.2) is 29.7 Å². The van der Waals surface area contributed by atoms with E-state index in [4.69, 9.17) is 0 Å². The van der Waals surface area contributed by atoms with E-state index in [0.717, 1.165) is 44.9 Å². The van der Waals surface area contributed by atoms with Crippen LogP contribution in [0.2, 0.25) is 0 Å². The van der Waals surface area contributed by atoms with Crippen LogP contribution in [0.25, 0.3) is 0 Å². The van der Waals surface area contributed by atoms with Gasteiger partial charge in [0.2, 0.25) is 11.7 Å². The van der Waals surface area contributed by atoms with E-state index in [2.05, 4.69) is 10.6 Å². The minimum Gasteiger partial charge on any atom is -0.354 e. The number of carbonyl (C=O) groups is 3. The summed E-state index contributed by atoms with van der Waals surface area (Å²) in [5, 5.41) is 5.83. The zero-order valence-electron chi connectivity index (χ0n) is 14.4. The van der Waals surface area contributed by atoms with Crippen molar-refractivity contribution in [2.45, 2.75) is 83.7 Å². The van der Waals surface area contributed by atoms with E-state index in [-0.39, 0.29) is 35.6 Å². The first-order valence-corrected chi connectivity index (χ1v) is 9.12. The average Bonchev–Trinajstić information content (AvgIpc) is 2.54. The molecule has 0 unspecified atom stereocenters. The third-order valence-corrected chi connectivity index (χ3v) is 5.01. The fourth-order valence-electron chi connectivity index (χ4n) is 3.77. The molecule has 0 heterocycles. The van der Waals surface area contributed by atoms with Crippen molar-refractivity contribution in [3.05, 3.63) is 0 Å². The van der Waals surface area contributed by atoms with E-state index in [9.17, 15) is 14.4 Å². The molecule has 2 aliphatic carbocycles. The Bertz CT molecular complexity index is 442. The molecule has 2 saturated carbocycles. The van der Waals surface area contributed by atoms with Gasteiger partial charge in [-0.25, -0.2) is 0 Å². The predicted octanol–water partition coefficient (Wildman–Crippen LogP) is 2.34. The zero-order chi connectivity index (χ0) is 16.8. The molecule has 2 amide bonds. The van der Waals surface area contributed by atoms with Crippen molar-refractivity contribution in [1.29, 1.82) is 0 Å². The van der Waals surface area contributed by atoms with E-state index in [0.29, 0.717) is 6.42 Å². The second-order valence-corrected chi connectivity index (χ2v) is 7.40. The van der Waals surface area contributed by atoms with Crippen molar-refractivity contribution in [2.75, 3.05) is 0 Å². The van der Waals surface area contributed by atoms with Crippen molar-refractivity contribution in [3.8, 4) is 0 Å². The van der Waals surface area contributed by atoms with Crippen molar-refractivity contribution in [1.82, 2.24) is 10.6 Å². The largest absolute Gasteiger partial charge is 0.354 e. The summed E-state index contributed by atoms with van der Waals surface area (Å²) in [4.78, 5) is 36.6. The van der Waals surface area contributed by atoms with Crippen molar-refractivity contribution in [3.63, 3.8) is 0 Å². The molecule has 0 saturated heterocycles. The van der Waals surface area contributed by atoms with Gasteiger partial charge in [-0.2, -0.15) is 0 Å². The van der Waals surface area contributed by atoms with Gasteiger partial charge in [0.25, 0.3) is 5.91 Å². The Kier molecular flexibility index (Phi) is 6.60. The fraction of sp³-hybridized carbons (Fsp3) is 0.833. The van der Waals surface area contributed by atoms with E-state index in [1.807, 2.05) is 13.8 Å². The lowest BCUT2D eigenvalue weighted by atomic mass is 9.83. The quantitative estimate of drug-likeness (QED) is 0.763. The molecule has 0 aromatic rings. The minimum absolute atomic E-state index is 0.0493. The Hall–Kier alpha value is -1.39. The average molecular weight is 322 g/mol. The number of ketones is 1. The molecule has 2 N–H and O–H groups in total. The number of carbonyl (C=O) groups excluding carboxylic acids is 3. The van der Waals surface area contributed by atoms with Gasteiger partial charge in [-0.3, -0.25) is 14.4 Å². The molecule has 23 heavy (non-hydrogen) atoms. The SMILES string of the molecule is CC(C)NC(=O)[C@@H]1CCC[C@H](NC(=O)C(=O)C2CCCCC2)C1. The number of nitrogens with one attached hydrogen (secondary N) is 2. The van der Waals surface area contributed by atoms with Gasteiger partial charge in [-0.05, 0) is 46.0 Å². The van der Waals surface area contributed by atoms with Gasteiger partial charge in [0.1, 0.15) is 0 Å². The second-order valence-electron chi connectivity index (χ2n) is 7.40. The predicted molar refractivity (Wildman–Crippen MR) is 88.7 cm³/mol. The molecule has 2 rings (SSSR count). The molecule has 5 heteroatoms. The van der Waals surface area contributed by atoms with Gasteiger partial charge in [0, 0.05) is 23.9 Å². The first kappa shape index (κ1) is 18.0. The van der Waals surface area contributed by atoms with Crippen LogP contribution in [0, 0.1) is 11.8 Å². The van der Waals surface area contributed by atoms with Crippen LogP contribution in [0.1, 0.15) is 71.6 Å². The van der Waals surface area contributed by atoms with Crippen LogP contribution in [0.5, 0.6) is 0 Å². The minimum atomic E-state index is -0.438. The van der Waals surface area contributed by atoms with Crippen LogP contribution in [0.3, 0.4) is 0 Å². The lowest BCUT2D eigenvalue weighted by Gasteiger charge is -2.30. The summed E-state index contributed by atoms with van der Waals surface area (Å²) < 4.78 is 0. The Morgan fingerprint density at radius 2 is 1.52 bits per heavy atom. The standard InChI is InChI=1S/C18H30N2O3/c1-12(2)19-17(22)14-9-6-10-15(11-14)20-18(23)16(21)13-7-4-3-5-8-13/h12-15H,3-11H2,1-2H3,(H,19,22)(H,20,23)/t14-,15+/m1/s1. The molecular formula is C18H30N2O3. The highest BCUT2D eigenvalue weighted by Gasteiger charge is 2.32. The summed E-state index contributed by atoms with van der Waals surface area (Å²) in [5.74, 6) is -0.767. The maximum Gasteiger partial charge on any atom is 0.287 e. The van der Waals surface area contributed by atoms with Crippen molar-refractivity contribution < 1.29 is 14.4 Å². The summed E-state index contributed by atoms with van der Waals surface area (Å²) in [5.41, 5.74) is 0. The molecule has 0 aromatic heterocycles. The van der Waals surface area contributed by atoms with E-state index in [1.165, 1.54) is 6.42 Å². The highest BCUT2D eigenvalue weighted by Crippen LogP contribution is 2.26. The highest BCUT2D eigenvalue weighted by atomic mass is 16.2. The topological polar surface area (TPSA) is 75.3 Å². The molecular weight excluding hydrogens is 292 g/mol. The van der Waals surface area contributed by atoms with Crippen LogP contribution >= 0.6 is 0 Å². The monoisotopic (exact) mass is 322 g/mol. The van der Waals surface area contributed by atoms with Crippen LogP contribution < -0.4 is 10.6 Å². The summed E-state index contributed by atoms with van der Waals surface area (Å²) >= 11 is 0. The fourth-order valence-corrected chi connectivity index (χ4v) is 3.77. The zero-order valence-corrected chi connectivity index (χ0v) is 14.4. The Morgan fingerprint density at radius 3 is 2.17 bits per heavy atom. The van der Waals surface area contributed by atoms with Crippen molar-refractivity contribution in [2.24, 2.45) is 11.8 Å². The highest BCUT2D eigenvalue weighted by molar-refractivity contribution is 6.37. The third-order valence-electron chi connectivity index (χ3n) is 5.01.